The molecule has 1 aromatic carbocycles. The van der Waals surface area contributed by atoms with Crippen molar-refractivity contribution in [3.8, 4) is 0 Å². The van der Waals surface area contributed by atoms with Gasteiger partial charge in [-0.3, -0.25) is 0 Å². The largest absolute Gasteiger partial charge is 0.407 e. The van der Waals surface area contributed by atoms with Gasteiger partial charge in [0.25, 0.3) is 9.76 Å². The zero-order chi connectivity index (χ0) is 12.2. The lowest BCUT2D eigenvalue weighted by molar-refractivity contribution is 0.141. The van der Waals surface area contributed by atoms with E-state index in [0.29, 0.717) is 9.76 Å². The van der Waals surface area contributed by atoms with E-state index in [4.69, 9.17) is 4.43 Å². The van der Waals surface area contributed by atoms with Crippen molar-refractivity contribution in [2.45, 2.75) is 53.1 Å². The third-order valence-corrected chi connectivity index (χ3v) is 3.88. The van der Waals surface area contributed by atoms with Gasteiger partial charge in [-0.1, -0.05) is 32.0 Å². The van der Waals surface area contributed by atoms with Crippen LogP contribution in [-0.4, -0.2) is 15.4 Å². The number of aryl methyl sites for hydroxylation is 1. The van der Waals surface area contributed by atoms with Gasteiger partial charge in [0.05, 0.1) is 0 Å². The fourth-order valence-electron chi connectivity index (χ4n) is 1.69. The van der Waals surface area contributed by atoms with E-state index in [9.17, 15) is 0 Å². The smallest absolute Gasteiger partial charge is 0.269 e. The molecule has 0 aliphatic rings. The first kappa shape index (κ1) is 13.5. The third kappa shape index (κ3) is 3.76. The van der Waals surface area contributed by atoms with E-state index in [0.717, 1.165) is 12.8 Å². The summed E-state index contributed by atoms with van der Waals surface area (Å²) in [6.45, 7) is 10.8. The van der Waals surface area contributed by atoms with Crippen LogP contribution in [-0.2, 0) is 17.3 Å². The Morgan fingerprint density at radius 1 is 1.12 bits per heavy atom. The van der Waals surface area contributed by atoms with Crippen LogP contribution in [0.2, 0.25) is 0 Å². The molecule has 2 radical (unpaired) electrons. The number of hydrogen-bond donors (Lipinski definition) is 0. The Kier molecular flexibility index (Phi) is 4.75. The summed E-state index contributed by atoms with van der Waals surface area (Å²) >= 11 is 0. The zero-order valence-electron chi connectivity index (χ0n) is 11.1. The highest BCUT2D eigenvalue weighted by atomic mass is 28.2. The van der Waals surface area contributed by atoms with Crippen LogP contribution in [0.15, 0.2) is 18.2 Å². The second kappa shape index (κ2) is 5.64. The van der Waals surface area contributed by atoms with E-state index in [1.807, 2.05) is 0 Å². The highest BCUT2D eigenvalue weighted by Gasteiger charge is 2.13. The summed E-state index contributed by atoms with van der Waals surface area (Å²) < 4.78 is 5.89. The normalized spacial score (nSPS) is 11.8. The molecule has 0 N–H and O–H groups in total. The van der Waals surface area contributed by atoms with Gasteiger partial charge in [0.2, 0.25) is 0 Å². The summed E-state index contributed by atoms with van der Waals surface area (Å²) in [4.78, 5) is 0. The van der Waals surface area contributed by atoms with Gasteiger partial charge in [-0.15, -0.1) is 0 Å². The van der Waals surface area contributed by atoms with Crippen LogP contribution in [0.1, 0.15) is 45.7 Å². The highest BCUT2D eigenvalue weighted by molar-refractivity contribution is 6.47. The summed E-state index contributed by atoms with van der Waals surface area (Å²) in [7, 11) is 0.461. The monoisotopic (exact) mass is 234 g/mol. The lowest BCUT2D eigenvalue weighted by atomic mass is 10.0. The molecule has 0 amide bonds. The molecule has 1 aromatic rings. The first-order valence-corrected chi connectivity index (χ1v) is 6.93. The van der Waals surface area contributed by atoms with Gasteiger partial charge in [-0.2, -0.15) is 0 Å². The van der Waals surface area contributed by atoms with E-state index < -0.39 is 0 Å². The molecule has 0 spiro atoms. The van der Waals surface area contributed by atoms with Gasteiger partial charge in [0, 0.05) is 5.60 Å². The van der Waals surface area contributed by atoms with Crippen molar-refractivity contribution in [3.63, 3.8) is 0 Å². The second-order valence-corrected chi connectivity index (χ2v) is 5.91. The Morgan fingerprint density at radius 3 is 2.31 bits per heavy atom. The summed E-state index contributed by atoms with van der Waals surface area (Å²) in [5.74, 6) is 0. The minimum Gasteiger partial charge on any atom is -0.407 e. The maximum Gasteiger partial charge on any atom is 0.269 e. The van der Waals surface area contributed by atoms with Crippen molar-refractivity contribution < 1.29 is 4.43 Å². The van der Waals surface area contributed by atoms with Crippen LogP contribution in [0.3, 0.4) is 0 Å². The molecule has 0 atom stereocenters. The van der Waals surface area contributed by atoms with Gasteiger partial charge < -0.3 is 4.43 Å². The maximum absolute atomic E-state index is 5.89. The van der Waals surface area contributed by atoms with E-state index in [1.165, 1.54) is 16.3 Å². The first-order valence-electron chi connectivity index (χ1n) is 6.02. The molecule has 0 saturated carbocycles. The van der Waals surface area contributed by atoms with E-state index in [1.54, 1.807) is 0 Å². The Labute approximate surface area is 102 Å². The molecule has 0 aliphatic heterocycles. The van der Waals surface area contributed by atoms with Crippen LogP contribution >= 0.6 is 0 Å². The highest BCUT2D eigenvalue weighted by Crippen LogP contribution is 2.10. The zero-order valence-corrected chi connectivity index (χ0v) is 12.1. The average molecular weight is 234 g/mol. The molecule has 0 heterocycles. The van der Waals surface area contributed by atoms with Crippen molar-refractivity contribution >= 4 is 14.9 Å². The molecule has 2 heteroatoms. The predicted molar refractivity (Wildman–Crippen MR) is 71.4 cm³/mol. The molecule has 16 heavy (non-hydrogen) atoms. The van der Waals surface area contributed by atoms with E-state index >= 15 is 0 Å². The van der Waals surface area contributed by atoms with Gasteiger partial charge in [0.1, 0.15) is 0 Å². The second-order valence-electron chi connectivity index (χ2n) is 4.97. The van der Waals surface area contributed by atoms with Gasteiger partial charge >= 0.3 is 0 Å². The summed E-state index contributed by atoms with van der Waals surface area (Å²) in [5.41, 5.74) is 2.89. The molecule has 0 bridgehead atoms. The SMILES string of the molecule is CCc1cccc([Si]OC(C)(C)C)c1CC. The average Bonchev–Trinajstić information content (AvgIpc) is 2.24. The molecule has 1 nitrogen and oxygen atoms in total. The summed E-state index contributed by atoms with van der Waals surface area (Å²) in [6.07, 6.45) is 2.21. The molecular formula is C14H22OSi. The molecule has 0 unspecified atom stereocenters. The third-order valence-electron chi connectivity index (χ3n) is 2.47. The molecule has 88 valence electrons. The molecule has 0 fully saturated rings. The minimum atomic E-state index is -0.0499. The van der Waals surface area contributed by atoms with E-state index in [2.05, 4.69) is 52.8 Å². The van der Waals surface area contributed by atoms with Crippen molar-refractivity contribution in [1.82, 2.24) is 0 Å². The van der Waals surface area contributed by atoms with Crippen LogP contribution in [0.4, 0.5) is 0 Å². The van der Waals surface area contributed by atoms with Gasteiger partial charge in [0.15, 0.2) is 0 Å². The number of hydrogen-bond acceptors (Lipinski definition) is 1. The maximum atomic E-state index is 5.89. The Hall–Kier alpha value is -0.603. The quantitative estimate of drug-likeness (QED) is 0.728. The van der Waals surface area contributed by atoms with Crippen molar-refractivity contribution in [1.29, 1.82) is 0 Å². The Bertz CT molecular complexity index is 339. The van der Waals surface area contributed by atoms with E-state index in [-0.39, 0.29) is 5.60 Å². The van der Waals surface area contributed by atoms with Crippen LogP contribution in [0, 0.1) is 0 Å². The van der Waals surface area contributed by atoms with Crippen LogP contribution in [0.25, 0.3) is 0 Å². The van der Waals surface area contributed by atoms with Crippen LogP contribution < -0.4 is 5.19 Å². The fourth-order valence-corrected chi connectivity index (χ4v) is 2.73. The van der Waals surface area contributed by atoms with Crippen LogP contribution in [0.5, 0.6) is 0 Å². The van der Waals surface area contributed by atoms with Crippen molar-refractivity contribution in [3.05, 3.63) is 29.3 Å². The lowest BCUT2D eigenvalue weighted by Crippen LogP contribution is -2.31. The van der Waals surface area contributed by atoms with Crippen molar-refractivity contribution in [2.24, 2.45) is 0 Å². The molecule has 1 rings (SSSR count). The summed E-state index contributed by atoms with van der Waals surface area (Å²) in [5, 5.41) is 1.37. The first-order chi connectivity index (χ1) is 7.48. The predicted octanol–water partition coefficient (Wildman–Crippen LogP) is 2.87. The minimum absolute atomic E-state index is 0.0499. The molecule has 0 aliphatic carbocycles. The molecule has 0 aromatic heterocycles. The standard InChI is InChI=1S/C14H22OSi/c1-6-11-9-8-10-13(12(11)7-2)16-15-14(3,4)5/h8-10H,6-7H2,1-5H3. The lowest BCUT2D eigenvalue weighted by Gasteiger charge is -2.20. The molecular weight excluding hydrogens is 212 g/mol. The fraction of sp³-hybridized carbons (Fsp3) is 0.571. The summed E-state index contributed by atoms with van der Waals surface area (Å²) in [6, 6.07) is 6.57. The van der Waals surface area contributed by atoms with Crippen molar-refractivity contribution in [2.75, 3.05) is 0 Å². The van der Waals surface area contributed by atoms with Gasteiger partial charge in [-0.25, -0.2) is 0 Å². The Balaban J connectivity index is 2.87. The molecule has 0 saturated heterocycles. The van der Waals surface area contributed by atoms with Gasteiger partial charge in [-0.05, 0) is 49.9 Å². The Morgan fingerprint density at radius 2 is 1.81 bits per heavy atom. The number of benzene rings is 1. The topological polar surface area (TPSA) is 9.23 Å². The number of rotatable bonds is 4.